The quantitative estimate of drug-likeness (QED) is 0.839. The third-order valence-corrected chi connectivity index (χ3v) is 4.77. The van der Waals surface area contributed by atoms with Crippen LogP contribution >= 0.6 is 0 Å². The average Bonchev–Trinajstić information content (AvgIpc) is 3.12. The molecular weight excluding hydrogens is 248 g/mol. The van der Waals surface area contributed by atoms with E-state index in [9.17, 15) is 0 Å². The first-order valence-electron chi connectivity index (χ1n) is 7.91. The molecule has 20 heavy (non-hydrogen) atoms. The highest BCUT2D eigenvalue weighted by Gasteiger charge is 2.27. The Kier molecular flexibility index (Phi) is 4.16. The van der Waals surface area contributed by atoms with Crippen molar-refractivity contribution in [2.75, 3.05) is 38.2 Å². The van der Waals surface area contributed by atoms with Gasteiger partial charge in [0.2, 0.25) is 0 Å². The molecule has 1 aromatic carbocycles. The third kappa shape index (κ3) is 2.78. The molecule has 2 fully saturated rings. The van der Waals surface area contributed by atoms with Crippen LogP contribution in [0.4, 0.5) is 5.69 Å². The van der Waals surface area contributed by atoms with Crippen LogP contribution < -0.4 is 9.64 Å². The fraction of sp³-hybridized carbons (Fsp3) is 0.647. The number of anilines is 1. The summed E-state index contributed by atoms with van der Waals surface area (Å²) in [4.78, 5) is 5.22. The summed E-state index contributed by atoms with van der Waals surface area (Å²) < 4.78 is 5.48. The maximum atomic E-state index is 5.48. The Balaban J connectivity index is 1.73. The van der Waals surface area contributed by atoms with Crippen molar-refractivity contribution >= 4 is 5.69 Å². The molecule has 2 aliphatic rings. The Hall–Kier alpha value is -1.22. The van der Waals surface area contributed by atoms with Crippen molar-refractivity contribution in [3.8, 4) is 5.75 Å². The second-order valence-corrected chi connectivity index (χ2v) is 6.15. The van der Waals surface area contributed by atoms with Crippen molar-refractivity contribution in [2.24, 2.45) is 0 Å². The number of hydrogen-bond donors (Lipinski definition) is 0. The lowest BCUT2D eigenvalue weighted by Gasteiger charge is -2.30. The minimum absolute atomic E-state index is 0.681. The van der Waals surface area contributed by atoms with Gasteiger partial charge in [-0.05, 0) is 57.3 Å². The van der Waals surface area contributed by atoms with E-state index in [0.29, 0.717) is 6.04 Å². The third-order valence-electron chi connectivity index (χ3n) is 4.77. The van der Waals surface area contributed by atoms with Gasteiger partial charge in [-0.25, -0.2) is 0 Å². The average molecular weight is 274 g/mol. The van der Waals surface area contributed by atoms with E-state index in [4.69, 9.17) is 4.74 Å². The normalized spacial score (nSPS) is 23.5. The molecule has 0 N–H and O–H groups in total. The Labute approximate surface area is 122 Å². The second-order valence-electron chi connectivity index (χ2n) is 6.15. The van der Waals surface area contributed by atoms with E-state index in [2.05, 4.69) is 34.9 Å². The molecular formula is C17H26N2O. The molecule has 0 amide bonds. The van der Waals surface area contributed by atoms with E-state index in [1.807, 2.05) is 0 Å². The van der Waals surface area contributed by atoms with Gasteiger partial charge >= 0.3 is 0 Å². The predicted molar refractivity (Wildman–Crippen MR) is 83.8 cm³/mol. The van der Waals surface area contributed by atoms with Crippen LogP contribution in [0.3, 0.4) is 0 Å². The van der Waals surface area contributed by atoms with Gasteiger partial charge in [0.05, 0.1) is 7.11 Å². The molecule has 2 aliphatic heterocycles. The van der Waals surface area contributed by atoms with Crippen LogP contribution in [0.15, 0.2) is 18.2 Å². The van der Waals surface area contributed by atoms with Gasteiger partial charge in [-0.15, -0.1) is 0 Å². The Morgan fingerprint density at radius 1 is 1.15 bits per heavy atom. The van der Waals surface area contributed by atoms with Gasteiger partial charge in [-0.1, -0.05) is 6.07 Å². The number of rotatable bonds is 4. The van der Waals surface area contributed by atoms with Gasteiger partial charge in [0.15, 0.2) is 0 Å². The molecule has 3 nitrogen and oxygen atoms in total. The number of methoxy groups -OCH3 is 1. The first kappa shape index (κ1) is 13.7. The lowest BCUT2D eigenvalue weighted by atomic mass is 10.1. The molecule has 2 saturated heterocycles. The minimum atomic E-state index is 0.681. The molecule has 0 unspecified atom stereocenters. The van der Waals surface area contributed by atoms with Crippen LogP contribution in [-0.4, -0.2) is 44.2 Å². The Morgan fingerprint density at radius 3 is 2.70 bits per heavy atom. The van der Waals surface area contributed by atoms with Gasteiger partial charge in [0.1, 0.15) is 5.75 Å². The standard InChI is InChI=1S/C17H26N2O/c1-14-7-8-15(12-17(14)20-2)19-11-5-6-16(19)13-18-9-3-4-10-18/h7-8,12,16H,3-6,9-11,13H2,1-2H3/t16-/m0/s1. The molecule has 2 heterocycles. The lowest BCUT2D eigenvalue weighted by Crippen LogP contribution is -2.39. The fourth-order valence-electron chi connectivity index (χ4n) is 3.62. The van der Waals surface area contributed by atoms with Crippen LogP contribution in [0.2, 0.25) is 0 Å². The van der Waals surface area contributed by atoms with E-state index in [0.717, 1.165) is 5.75 Å². The van der Waals surface area contributed by atoms with E-state index in [1.165, 1.54) is 63.1 Å². The minimum Gasteiger partial charge on any atom is -0.496 e. The summed E-state index contributed by atoms with van der Waals surface area (Å²) in [6.07, 6.45) is 5.40. The molecule has 0 radical (unpaired) electrons. The lowest BCUT2D eigenvalue weighted by molar-refractivity contribution is 0.313. The number of benzene rings is 1. The maximum absolute atomic E-state index is 5.48. The van der Waals surface area contributed by atoms with Crippen LogP contribution in [0.5, 0.6) is 5.75 Å². The summed E-state index contributed by atoms with van der Waals surface area (Å²) in [6.45, 7) is 7.11. The largest absolute Gasteiger partial charge is 0.496 e. The topological polar surface area (TPSA) is 15.7 Å². The number of ether oxygens (including phenoxy) is 1. The summed E-state index contributed by atoms with van der Waals surface area (Å²) in [5.41, 5.74) is 2.54. The van der Waals surface area contributed by atoms with Crippen LogP contribution in [0.1, 0.15) is 31.2 Å². The zero-order chi connectivity index (χ0) is 13.9. The van der Waals surface area contributed by atoms with Crippen LogP contribution in [0.25, 0.3) is 0 Å². The van der Waals surface area contributed by atoms with E-state index in [-0.39, 0.29) is 0 Å². The van der Waals surface area contributed by atoms with Gasteiger partial charge in [-0.3, -0.25) is 0 Å². The van der Waals surface area contributed by atoms with E-state index in [1.54, 1.807) is 7.11 Å². The van der Waals surface area contributed by atoms with Crippen molar-refractivity contribution in [2.45, 2.75) is 38.6 Å². The molecule has 3 rings (SSSR count). The van der Waals surface area contributed by atoms with E-state index < -0.39 is 0 Å². The summed E-state index contributed by atoms with van der Waals surface area (Å²) in [5, 5.41) is 0. The number of aryl methyl sites for hydroxylation is 1. The summed E-state index contributed by atoms with van der Waals surface area (Å²) >= 11 is 0. The van der Waals surface area contributed by atoms with Crippen molar-refractivity contribution in [3.63, 3.8) is 0 Å². The summed E-state index contributed by atoms with van der Waals surface area (Å²) in [7, 11) is 1.76. The number of nitrogens with zero attached hydrogens (tertiary/aromatic N) is 2. The molecule has 110 valence electrons. The van der Waals surface area contributed by atoms with Crippen LogP contribution in [0, 0.1) is 6.92 Å². The summed E-state index contributed by atoms with van der Waals surface area (Å²) in [6, 6.07) is 7.32. The number of hydrogen-bond acceptors (Lipinski definition) is 3. The molecule has 3 heteroatoms. The molecule has 1 atom stereocenters. The Morgan fingerprint density at radius 2 is 1.95 bits per heavy atom. The second kappa shape index (κ2) is 6.04. The molecule has 1 aromatic rings. The smallest absolute Gasteiger partial charge is 0.123 e. The summed E-state index contributed by atoms with van der Waals surface area (Å²) in [5.74, 6) is 1.01. The molecule has 0 aromatic heterocycles. The van der Waals surface area contributed by atoms with E-state index >= 15 is 0 Å². The molecule has 0 bridgehead atoms. The highest BCUT2D eigenvalue weighted by Crippen LogP contribution is 2.31. The van der Waals surface area contributed by atoms with Crippen molar-refractivity contribution in [1.82, 2.24) is 4.90 Å². The van der Waals surface area contributed by atoms with Crippen molar-refractivity contribution < 1.29 is 4.74 Å². The van der Waals surface area contributed by atoms with Gasteiger partial charge < -0.3 is 14.5 Å². The highest BCUT2D eigenvalue weighted by atomic mass is 16.5. The molecule has 0 spiro atoms. The van der Waals surface area contributed by atoms with Gasteiger partial charge in [-0.2, -0.15) is 0 Å². The molecule has 0 aliphatic carbocycles. The SMILES string of the molecule is COc1cc(N2CCC[C@H]2CN2CCCC2)ccc1C. The van der Waals surface area contributed by atoms with Crippen molar-refractivity contribution in [1.29, 1.82) is 0 Å². The highest BCUT2D eigenvalue weighted by molar-refractivity contribution is 5.55. The van der Waals surface area contributed by atoms with Gasteiger partial charge in [0.25, 0.3) is 0 Å². The predicted octanol–water partition coefficient (Wildman–Crippen LogP) is 3.07. The zero-order valence-electron chi connectivity index (χ0n) is 12.8. The zero-order valence-corrected chi connectivity index (χ0v) is 12.8. The van der Waals surface area contributed by atoms with Gasteiger partial charge in [0, 0.05) is 30.9 Å². The first-order chi connectivity index (χ1) is 9.78. The van der Waals surface area contributed by atoms with Crippen LogP contribution in [-0.2, 0) is 0 Å². The van der Waals surface area contributed by atoms with Crippen molar-refractivity contribution in [3.05, 3.63) is 23.8 Å². The first-order valence-corrected chi connectivity index (χ1v) is 7.91. The maximum Gasteiger partial charge on any atom is 0.123 e. The fourth-order valence-corrected chi connectivity index (χ4v) is 3.62. The Bertz CT molecular complexity index is 454. The molecule has 0 saturated carbocycles. The number of likely N-dealkylation sites (tertiary alicyclic amines) is 1. The monoisotopic (exact) mass is 274 g/mol.